The number of aromatic nitrogens is 3. The van der Waals surface area contributed by atoms with Gasteiger partial charge in [-0.05, 0) is 35.4 Å². The minimum Gasteiger partial charge on any atom is -0.497 e. The highest BCUT2D eigenvalue weighted by Crippen LogP contribution is 2.19. The molecule has 2 aromatic carbocycles. The summed E-state index contributed by atoms with van der Waals surface area (Å²) in [6, 6.07) is 15.9. The SMILES string of the molecule is COc1cccc(Cn2c(CN3CCOCC3)nn(-c3ccc(C4CNNC4)cc3)c2=O)c1. The molecule has 2 fully saturated rings. The summed E-state index contributed by atoms with van der Waals surface area (Å²) >= 11 is 0. The summed E-state index contributed by atoms with van der Waals surface area (Å²) in [5.74, 6) is 1.95. The fourth-order valence-electron chi connectivity index (χ4n) is 4.38. The third-order valence-electron chi connectivity index (χ3n) is 6.31. The van der Waals surface area contributed by atoms with Crippen LogP contribution < -0.4 is 21.3 Å². The van der Waals surface area contributed by atoms with Crippen LogP contribution >= 0.6 is 0 Å². The number of ether oxygens (including phenoxy) is 2. The average molecular weight is 451 g/mol. The van der Waals surface area contributed by atoms with Crippen molar-refractivity contribution in [3.8, 4) is 11.4 Å². The Balaban J connectivity index is 1.47. The van der Waals surface area contributed by atoms with Crippen molar-refractivity contribution in [2.24, 2.45) is 0 Å². The zero-order valence-electron chi connectivity index (χ0n) is 18.9. The van der Waals surface area contributed by atoms with Crippen molar-refractivity contribution in [2.75, 3.05) is 46.5 Å². The smallest absolute Gasteiger partial charge is 0.351 e. The molecule has 0 bridgehead atoms. The quantitative estimate of drug-likeness (QED) is 0.558. The van der Waals surface area contributed by atoms with Crippen LogP contribution in [0.15, 0.2) is 53.3 Å². The van der Waals surface area contributed by atoms with E-state index in [4.69, 9.17) is 14.6 Å². The Bertz CT molecular complexity index is 1130. The maximum Gasteiger partial charge on any atom is 0.351 e. The molecule has 3 heterocycles. The van der Waals surface area contributed by atoms with Crippen LogP contribution in [0.4, 0.5) is 0 Å². The number of hydrazine groups is 1. The minimum absolute atomic E-state index is 0.141. The van der Waals surface area contributed by atoms with E-state index in [2.05, 4.69) is 27.9 Å². The van der Waals surface area contributed by atoms with Crippen molar-refractivity contribution in [3.63, 3.8) is 0 Å². The lowest BCUT2D eigenvalue weighted by Crippen LogP contribution is -2.37. The second kappa shape index (κ2) is 9.88. The highest BCUT2D eigenvalue weighted by Gasteiger charge is 2.20. The van der Waals surface area contributed by atoms with Gasteiger partial charge in [-0.25, -0.2) is 4.79 Å². The average Bonchev–Trinajstić information content (AvgIpc) is 3.50. The van der Waals surface area contributed by atoms with Gasteiger partial charge in [0.25, 0.3) is 0 Å². The third-order valence-corrected chi connectivity index (χ3v) is 6.31. The summed E-state index contributed by atoms with van der Waals surface area (Å²) in [6.45, 7) is 5.91. The Morgan fingerprint density at radius 1 is 1.06 bits per heavy atom. The number of hydrogen-bond donors (Lipinski definition) is 2. The van der Waals surface area contributed by atoms with Gasteiger partial charge >= 0.3 is 5.69 Å². The molecule has 0 amide bonds. The number of morpholine rings is 1. The number of rotatable bonds is 7. The van der Waals surface area contributed by atoms with Crippen LogP contribution in [0.5, 0.6) is 5.75 Å². The predicted octanol–water partition coefficient (Wildman–Crippen LogP) is 1.11. The van der Waals surface area contributed by atoms with E-state index in [-0.39, 0.29) is 5.69 Å². The van der Waals surface area contributed by atoms with Crippen molar-refractivity contribution in [3.05, 3.63) is 76.0 Å². The molecule has 2 aliphatic heterocycles. The summed E-state index contributed by atoms with van der Waals surface area (Å²) in [6.07, 6.45) is 0. The van der Waals surface area contributed by atoms with Gasteiger partial charge in [-0.15, -0.1) is 5.10 Å². The van der Waals surface area contributed by atoms with E-state index in [0.717, 1.165) is 49.0 Å². The second-order valence-electron chi connectivity index (χ2n) is 8.49. The first-order chi connectivity index (χ1) is 16.2. The lowest BCUT2D eigenvalue weighted by atomic mass is 10.0. The fourth-order valence-corrected chi connectivity index (χ4v) is 4.38. The van der Waals surface area contributed by atoms with E-state index in [0.29, 0.717) is 32.2 Å². The first-order valence-corrected chi connectivity index (χ1v) is 11.4. The van der Waals surface area contributed by atoms with Gasteiger partial charge < -0.3 is 9.47 Å². The van der Waals surface area contributed by atoms with Crippen molar-refractivity contribution in [1.29, 1.82) is 0 Å². The Labute approximate surface area is 192 Å². The molecule has 2 aliphatic rings. The fraction of sp³-hybridized carbons (Fsp3) is 0.417. The number of hydrogen-bond acceptors (Lipinski definition) is 7. The monoisotopic (exact) mass is 450 g/mol. The molecule has 9 heteroatoms. The first-order valence-electron chi connectivity index (χ1n) is 11.4. The number of nitrogens with zero attached hydrogens (tertiary/aromatic N) is 4. The molecule has 2 N–H and O–H groups in total. The van der Waals surface area contributed by atoms with Crippen molar-refractivity contribution < 1.29 is 9.47 Å². The Morgan fingerprint density at radius 3 is 2.55 bits per heavy atom. The molecule has 5 rings (SSSR count). The lowest BCUT2D eigenvalue weighted by molar-refractivity contribution is 0.0325. The molecule has 0 unspecified atom stereocenters. The normalized spacial score (nSPS) is 17.5. The van der Waals surface area contributed by atoms with Gasteiger partial charge in [0, 0.05) is 32.1 Å². The summed E-state index contributed by atoms with van der Waals surface area (Å²) in [5, 5.41) is 4.77. The van der Waals surface area contributed by atoms with Gasteiger partial charge in [0.05, 0.1) is 39.1 Å². The van der Waals surface area contributed by atoms with Crippen LogP contribution in [0.25, 0.3) is 5.69 Å². The Kier molecular flexibility index (Phi) is 6.54. The molecule has 0 atom stereocenters. The molecule has 174 valence electrons. The van der Waals surface area contributed by atoms with Crippen molar-refractivity contribution in [1.82, 2.24) is 30.1 Å². The van der Waals surface area contributed by atoms with Crippen LogP contribution in [0.2, 0.25) is 0 Å². The maximum atomic E-state index is 13.5. The zero-order valence-corrected chi connectivity index (χ0v) is 18.9. The van der Waals surface area contributed by atoms with Gasteiger partial charge in [0.2, 0.25) is 0 Å². The summed E-state index contributed by atoms with van der Waals surface area (Å²) in [4.78, 5) is 15.8. The predicted molar refractivity (Wildman–Crippen MR) is 125 cm³/mol. The van der Waals surface area contributed by atoms with Gasteiger partial charge in [0.1, 0.15) is 11.6 Å². The van der Waals surface area contributed by atoms with Crippen LogP contribution in [0.3, 0.4) is 0 Å². The molecular formula is C24H30N6O3. The molecule has 3 aromatic rings. The molecular weight excluding hydrogens is 420 g/mol. The van der Waals surface area contributed by atoms with Gasteiger partial charge in [-0.1, -0.05) is 24.3 Å². The van der Waals surface area contributed by atoms with Crippen LogP contribution in [0, 0.1) is 0 Å². The van der Waals surface area contributed by atoms with E-state index in [1.54, 1.807) is 11.7 Å². The van der Waals surface area contributed by atoms with Crippen LogP contribution in [-0.2, 0) is 17.8 Å². The molecule has 1 aromatic heterocycles. The zero-order chi connectivity index (χ0) is 22.6. The summed E-state index contributed by atoms with van der Waals surface area (Å²) in [7, 11) is 1.65. The van der Waals surface area contributed by atoms with E-state index in [1.807, 2.05) is 36.4 Å². The molecule has 0 radical (unpaired) electrons. The number of benzene rings is 2. The van der Waals surface area contributed by atoms with Gasteiger partial charge in [0.15, 0.2) is 0 Å². The lowest BCUT2D eigenvalue weighted by Gasteiger charge is -2.26. The first kappa shape index (κ1) is 21.8. The van der Waals surface area contributed by atoms with Crippen molar-refractivity contribution in [2.45, 2.75) is 19.0 Å². The Hall–Kier alpha value is -2.98. The third kappa shape index (κ3) is 4.86. The molecule has 0 spiro atoms. The van der Waals surface area contributed by atoms with Gasteiger partial charge in [-0.3, -0.25) is 20.3 Å². The highest BCUT2D eigenvalue weighted by atomic mass is 16.5. The van der Waals surface area contributed by atoms with E-state index in [9.17, 15) is 4.79 Å². The maximum absolute atomic E-state index is 13.5. The molecule has 9 nitrogen and oxygen atoms in total. The van der Waals surface area contributed by atoms with E-state index >= 15 is 0 Å². The van der Waals surface area contributed by atoms with Crippen molar-refractivity contribution >= 4 is 0 Å². The largest absolute Gasteiger partial charge is 0.497 e. The second-order valence-corrected chi connectivity index (χ2v) is 8.49. The van der Waals surface area contributed by atoms with E-state index < -0.39 is 0 Å². The summed E-state index contributed by atoms with van der Waals surface area (Å²) in [5.41, 5.74) is 9.20. The highest BCUT2D eigenvalue weighted by molar-refractivity contribution is 5.36. The molecule has 0 saturated carbocycles. The molecule has 33 heavy (non-hydrogen) atoms. The standard InChI is InChI=1S/C24H30N6O3/c1-32-22-4-2-3-18(13-22)16-29-23(17-28-9-11-33-12-10-28)27-30(24(29)31)21-7-5-19(6-8-21)20-14-25-26-15-20/h2-8,13,20,25-26H,9-12,14-17H2,1H3. The number of nitrogens with one attached hydrogen (secondary N) is 2. The topological polar surface area (TPSA) is 85.6 Å². The molecule has 0 aliphatic carbocycles. The molecule has 2 saturated heterocycles. The van der Waals surface area contributed by atoms with Crippen LogP contribution in [-0.4, -0.2) is 65.8 Å². The van der Waals surface area contributed by atoms with Crippen LogP contribution in [0.1, 0.15) is 22.9 Å². The van der Waals surface area contributed by atoms with Gasteiger partial charge in [-0.2, -0.15) is 4.68 Å². The number of methoxy groups -OCH3 is 1. The van der Waals surface area contributed by atoms with E-state index in [1.165, 1.54) is 10.2 Å². The Morgan fingerprint density at radius 2 is 1.82 bits per heavy atom. The summed E-state index contributed by atoms with van der Waals surface area (Å²) < 4.78 is 14.1. The minimum atomic E-state index is -0.141.